The molecule has 0 saturated heterocycles. The van der Waals surface area contributed by atoms with E-state index in [1.54, 1.807) is 13.1 Å². The lowest BCUT2D eigenvalue weighted by Crippen LogP contribution is -2.43. The molecule has 0 bridgehead atoms. The molecule has 0 atom stereocenters. The number of carbonyl (C=O) groups excluding carboxylic acids is 2. The van der Waals surface area contributed by atoms with Gasteiger partial charge in [-0.2, -0.15) is 0 Å². The van der Waals surface area contributed by atoms with E-state index in [-0.39, 0.29) is 36.3 Å². The van der Waals surface area contributed by atoms with E-state index in [1.165, 1.54) is 0 Å². The van der Waals surface area contributed by atoms with E-state index in [1.807, 2.05) is 39.8 Å². The van der Waals surface area contributed by atoms with Gasteiger partial charge < -0.3 is 26.0 Å². The highest BCUT2D eigenvalue weighted by Crippen LogP contribution is 2.06. The Kier molecular flexibility index (Phi) is 12.1. The monoisotopic (exact) mass is 506 g/mol. The van der Waals surface area contributed by atoms with Crippen LogP contribution in [0.2, 0.25) is 0 Å². The van der Waals surface area contributed by atoms with Crippen LogP contribution in [-0.4, -0.2) is 55.2 Å². The maximum absolute atomic E-state index is 11.9. The fraction of sp³-hybridized carbons (Fsp3) is 0.556. The molecule has 0 radical (unpaired) electrons. The highest BCUT2D eigenvalue weighted by Gasteiger charge is 2.15. The number of carbonyl (C=O) groups is 2. The SMILES string of the molecule is CN=C(NCCNC(=O)OC(C)(C)C)NCCC(=O)Nc1cccc(C)n1.I. The molecule has 10 heteroatoms. The Hall–Kier alpha value is -2.11. The van der Waals surface area contributed by atoms with Crippen molar-refractivity contribution in [1.82, 2.24) is 20.9 Å². The highest BCUT2D eigenvalue weighted by atomic mass is 127. The minimum Gasteiger partial charge on any atom is -0.444 e. The van der Waals surface area contributed by atoms with Gasteiger partial charge in [0.05, 0.1) is 0 Å². The van der Waals surface area contributed by atoms with Crippen LogP contribution in [0, 0.1) is 6.92 Å². The van der Waals surface area contributed by atoms with Crippen molar-refractivity contribution in [2.45, 2.75) is 39.7 Å². The van der Waals surface area contributed by atoms with Gasteiger partial charge >= 0.3 is 6.09 Å². The molecule has 0 spiro atoms. The Labute approximate surface area is 183 Å². The Bertz CT molecular complexity index is 661. The van der Waals surface area contributed by atoms with Crippen molar-refractivity contribution in [3.8, 4) is 0 Å². The molecule has 1 aromatic rings. The number of anilines is 1. The zero-order chi connectivity index (χ0) is 20.3. The van der Waals surface area contributed by atoms with Gasteiger partial charge in [-0.1, -0.05) is 6.07 Å². The number of nitrogens with zero attached hydrogens (tertiary/aromatic N) is 2. The molecular formula is C18H31IN6O3. The summed E-state index contributed by atoms with van der Waals surface area (Å²) in [5.41, 5.74) is 0.319. The number of hydrogen-bond donors (Lipinski definition) is 4. The van der Waals surface area contributed by atoms with Crippen LogP contribution < -0.4 is 21.3 Å². The molecule has 0 fully saturated rings. The third-order valence-electron chi connectivity index (χ3n) is 3.11. The van der Waals surface area contributed by atoms with E-state index in [0.29, 0.717) is 31.4 Å². The standard InChI is InChI=1S/C18H30N6O3.HI/c1-13-7-6-8-14(23-13)24-15(25)9-10-20-16(19-5)21-11-12-22-17(26)27-18(2,3)4;/h6-8H,9-12H2,1-5H3,(H,22,26)(H2,19,20,21)(H,23,24,25);1H. The van der Waals surface area contributed by atoms with Crippen molar-refractivity contribution in [3.05, 3.63) is 23.9 Å². The Morgan fingerprint density at radius 2 is 1.75 bits per heavy atom. The average Bonchev–Trinajstić information content (AvgIpc) is 2.55. The quantitative estimate of drug-likeness (QED) is 0.195. The maximum Gasteiger partial charge on any atom is 0.407 e. The first-order chi connectivity index (χ1) is 12.7. The molecule has 28 heavy (non-hydrogen) atoms. The van der Waals surface area contributed by atoms with Gasteiger partial charge in [0.1, 0.15) is 11.4 Å². The molecule has 0 saturated carbocycles. The van der Waals surface area contributed by atoms with Crippen LogP contribution >= 0.6 is 24.0 Å². The second-order valence-electron chi connectivity index (χ2n) is 6.82. The second-order valence-corrected chi connectivity index (χ2v) is 6.82. The third kappa shape index (κ3) is 12.3. The zero-order valence-corrected chi connectivity index (χ0v) is 19.4. The molecule has 1 heterocycles. The first kappa shape index (κ1) is 25.9. The van der Waals surface area contributed by atoms with Gasteiger partial charge in [-0.15, -0.1) is 24.0 Å². The van der Waals surface area contributed by atoms with Crippen molar-refractivity contribution >= 4 is 47.8 Å². The number of aryl methyl sites for hydroxylation is 1. The molecule has 1 rings (SSSR count). The van der Waals surface area contributed by atoms with Gasteiger partial charge in [0.15, 0.2) is 5.96 Å². The molecular weight excluding hydrogens is 475 g/mol. The van der Waals surface area contributed by atoms with Crippen molar-refractivity contribution in [3.63, 3.8) is 0 Å². The number of aromatic nitrogens is 1. The van der Waals surface area contributed by atoms with Crippen molar-refractivity contribution in [1.29, 1.82) is 0 Å². The Balaban J connectivity index is 0.00000729. The van der Waals surface area contributed by atoms with Gasteiger partial charge in [-0.3, -0.25) is 9.79 Å². The molecule has 9 nitrogen and oxygen atoms in total. The zero-order valence-electron chi connectivity index (χ0n) is 17.1. The normalized spacial score (nSPS) is 11.1. The summed E-state index contributed by atoms with van der Waals surface area (Å²) >= 11 is 0. The number of amides is 2. The predicted octanol–water partition coefficient (Wildman–Crippen LogP) is 2.03. The summed E-state index contributed by atoms with van der Waals surface area (Å²) in [4.78, 5) is 31.8. The van der Waals surface area contributed by atoms with E-state index in [9.17, 15) is 9.59 Å². The smallest absolute Gasteiger partial charge is 0.407 e. The molecule has 2 amide bonds. The number of hydrogen-bond acceptors (Lipinski definition) is 5. The first-order valence-corrected chi connectivity index (χ1v) is 8.84. The summed E-state index contributed by atoms with van der Waals surface area (Å²) in [5.74, 6) is 0.945. The summed E-state index contributed by atoms with van der Waals surface area (Å²) in [5, 5.41) is 11.5. The molecule has 158 valence electrons. The van der Waals surface area contributed by atoms with Gasteiger partial charge in [-0.05, 0) is 39.8 Å². The third-order valence-corrected chi connectivity index (χ3v) is 3.11. The molecule has 0 unspecified atom stereocenters. The van der Waals surface area contributed by atoms with Gasteiger partial charge in [0.25, 0.3) is 0 Å². The van der Waals surface area contributed by atoms with Crippen LogP contribution in [0.3, 0.4) is 0 Å². The van der Waals surface area contributed by atoms with Gasteiger partial charge in [0, 0.05) is 38.8 Å². The minimum atomic E-state index is -0.524. The van der Waals surface area contributed by atoms with E-state index in [0.717, 1.165) is 5.69 Å². The van der Waals surface area contributed by atoms with E-state index < -0.39 is 11.7 Å². The Morgan fingerprint density at radius 3 is 2.36 bits per heavy atom. The van der Waals surface area contributed by atoms with Crippen LogP contribution in [0.5, 0.6) is 0 Å². The van der Waals surface area contributed by atoms with Gasteiger partial charge in [-0.25, -0.2) is 9.78 Å². The lowest BCUT2D eigenvalue weighted by molar-refractivity contribution is -0.116. The number of halogens is 1. The van der Waals surface area contributed by atoms with Crippen molar-refractivity contribution in [2.75, 3.05) is 32.0 Å². The number of guanidine groups is 1. The minimum absolute atomic E-state index is 0. The molecule has 0 aliphatic rings. The van der Waals surface area contributed by atoms with Crippen LogP contribution in [0.1, 0.15) is 32.9 Å². The molecule has 4 N–H and O–H groups in total. The predicted molar refractivity (Wildman–Crippen MR) is 121 cm³/mol. The summed E-state index contributed by atoms with van der Waals surface area (Å²) in [6, 6.07) is 5.45. The Morgan fingerprint density at radius 1 is 1.11 bits per heavy atom. The number of pyridine rings is 1. The molecule has 0 aromatic carbocycles. The average molecular weight is 506 g/mol. The van der Waals surface area contributed by atoms with Crippen molar-refractivity contribution in [2.24, 2.45) is 4.99 Å². The summed E-state index contributed by atoms with van der Waals surface area (Å²) in [7, 11) is 1.63. The molecule has 0 aliphatic carbocycles. The maximum atomic E-state index is 11.9. The largest absolute Gasteiger partial charge is 0.444 e. The fourth-order valence-corrected chi connectivity index (χ4v) is 1.99. The summed E-state index contributed by atoms with van der Waals surface area (Å²) in [6.07, 6.45) is -0.194. The number of nitrogens with one attached hydrogen (secondary N) is 4. The number of rotatable bonds is 7. The van der Waals surface area contributed by atoms with Crippen LogP contribution in [0.25, 0.3) is 0 Å². The number of alkyl carbamates (subject to hydrolysis) is 1. The van der Waals surface area contributed by atoms with Crippen molar-refractivity contribution < 1.29 is 14.3 Å². The molecule has 1 aromatic heterocycles. The number of ether oxygens (including phenoxy) is 1. The summed E-state index contributed by atoms with van der Waals surface area (Å²) < 4.78 is 5.15. The van der Waals surface area contributed by atoms with E-state index in [2.05, 4.69) is 31.2 Å². The van der Waals surface area contributed by atoms with E-state index in [4.69, 9.17) is 4.74 Å². The van der Waals surface area contributed by atoms with Gasteiger partial charge in [0.2, 0.25) is 5.91 Å². The highest BCUT2D eigenvalue weighted by molar-refractivity contribution is 14.0. The lowest BCUT2D eigenvalue weighted by Gasteiger charge is -2.19. The molecule has 0 aliphatic heterocycles. The van der Waals surface area contributed by atoms with Crippen LogP contribution in [0.15, 0.2) is 23.2 Å². The second kappa shape index (κ2) is 13.1. The van der Waals surface area contributed by atoms with E-state index >= 15 is 0 Å². The van der Waals surface area contributed by atoms with Crippen LogP contribution in [0.4, 0.5) is 10.6 Å². The fourth-order valence-electron chi connectivity index (χ4n) is 1.99. The van der Waals surface area contributed by atoms with Crippen LogP contribution in [-0.2, 0) is 9.53 Å². The lowest BCUT2D eigenvalue weighted by atomic mass is 10.2. The summed E-state index contributed by atoms with van der Waals surface area (Å²) in [6.45, 7) is 8.56. The topological polar surface area (TPSA) is 117 Å². The number of aliphatic imine (C=N–C) groups is 1. The first-order valence-electron chi connectivity index (χ1n) is 8.84.